The van der Waals surface area contributed by atoms with Crippen molar-refractivity contribution in [3.8, 4) is 17.4 Å². The number of carbonyl (C=O) groups excluding carboxylic acids is 1. The van der Waals surface area contributed by atoms with Crippen molar-refractivity contribution in [3.05, 3.63) is 89.0 Å². The average molecular weight is 455 g/mol. The van der Waals surface area contributed by atoms with E-state index in [4.69, 9.17) is 4.74 Å². The first-order valence-electron chi connectivity index (χ1n) is 10.6. The zero-order chi connectivity index (χ0) is 23.7. The van der Waals surface area contributed by atoms with Crippen LogP contribution >= 0.6 is 0 Å². The van der Waals surface area contributed by atoms with Crippen molar-refractivity contribution >= 4 is 22.8 Å². The van der Waals surface area contributed by atoms with Gasteiger partial charge in [-0.15, -0.1) is 0 Å². The van der Waals surface area contributed by atoms with Crippen molar-refractivity contribution < 1.29 is 9.53 Å². The predicted octanol–water partition coefficient (Wildman–Crippen LogP) is 3.01. The van der Waals surface area contributed by atoms with Gasteiger partial charge < -0.3 is 10.1 Å². The number of aromatic nitrogens is 6. The first-order valence-corrected chi connectivity index (χ1v) is 10.6. The lowest BCUT2D eigenvalue weighted by atomic mass is 10.3. The molecule has 1 unspecified atom stereocenters. The maximum atomic E-state index is 12.8. The topological polar surface area (TPSA) is 120 Å². The Balaban J connectivity index is 1.49. The van der Waals surface area contributed by atoms with Crippen LogP contribution in [0.25, 0.3) is 22.7 Å². The third-order valence-electron chi connectivity index (χ3n) is 5.14. The third-order valence-corrected chi connectivity index (χ3v) is 5.14. The number of carbonyl (C=O) groups is 1. The van der Waals surface area contributed by atoms with E-state index in [-0.39, 0.29) is 17.4 Å². The van der Waals surface area contributed by atoms with Crippen molar-refractivity contribution in [3.63, 3.8) is 0 Å². The number of H-pyrrole nitrogens is 1. The van der Waals surface area contributed by atoms with Crippen molar-refractivity contribution in [1.29, 1.82) is 0 Å². The Hall–Kier alpha value is -4.73. The molecule has 0 radical (unpaired) electrons. The molecule has 0 spiro atoms. The third kappa shape index (κ3) is 4.04. The van der Waals surface area contributed by atoms with E-state index >= 15 is 0 Å². The monoisotopic (exact) mass is 455 g/mol. The Morgan fingerprint density at radius 2 is 1.76 bits per heavy atom. The number of anilines is 1. The summed E-state index contributed by atoms with van der Waals surface area (Å²) in [4.78, 5) is 32.9. The van der Waals surface area contributed by atoms with E-state index < -0.39 is 6.10 Å². The lowest BCUT2D eigenvalue weighted by molar-refractivity contribution is -0.122. The number of aryl methyl sites for hydroxylation is 1. The number of rotatable bonds is 6. The number of para-hydroxylation sites is 2. The standard InChI is InChI=1S/C24H21N7O3/c1-15-13-20(26-22(32)16(2)34-18-11-7-4-8-12-18)31(29-15)24-27-21-19(23(33)28-24)14-25-30(21)17-9-5-3-6-10-17/h3-14,16H,1-2H3,(H,26,32)(H,27,28,33). The van der Waals surface area contributed by atoms with E-state index in [0.29, 0.717) is 28.3 Å². The number of nitrogens with one attached hydrogen (secondary N) is 2. The second-order valence-corrected chi connectivity index (χ2v) is 7.66. The molecule has 0 aliphatic rings. The smallest absolute Gasteiger partial charge is 0.266 e. The van der Waals surface area contributed by atoms with Crippen LogP contribution in [0, 0.1) is 6.92 Å². The molecule has 0 aliphatic heterocycles. The number of benzene rings is 2. The van der Waals surface area contributed by atoms with Crippen molar-refractivity contribution in [2.24, 2.45) is 0 Å². The highest BCUT2D eigenvalue weighted by Crippen LogP contribution is 2.19. The van der Waals surface area contributed by atoms with Crippen molar-refractivity contribution in [2.75, 3.05) is 5.32 Å². The van der Waals surface area contributed by atoms with Crippen LogP contribution in [0.4, 0.5) is 5.82 Å². The molecule has 170 valence electrons. The molecular weight excluding hydrogens is 434 g/mol. The number of hydrogen-bond acceptors (Lipinski definition) is 6. The van der Waals surface area contributed by atoms with E-state index in [2.05, 4.69) is 25.5 Å². The normalized spacial score (nSPS) is 11.9. The number of hydrogen-bond donors (Lipinski definition) is 2. The van der Waals surface area contributed by atoms with E-state index in [1.54, 1.807) is 36.7 Å². The molecular formula is C24H21N7O3. The summed E-state index contributed by atoms with van der Waals surface area (Å²) in [6.07, 6.45) is 0.706. The minimum atomic E-state index is -0.764. The molecule has 2 aromatic carbocycles. The fraction of sp³-hybridized carbons (Fsp3) is 0.125. The summed E-state index contributed by atoms with van der Waals surface area (Å²) in [5.74, 6) is 0.706. The quantitative estimate of drug-likeness (QED) is 0.406. The van der Waals surface area contributed by atoms with Crippen LogP contribution in [0.3, 0.4) is 0 Å². The molecule has 0 saturated heterocycles. The Morgan fingerprint density at radius 1 is 1.06 bits per heavy atom. The van der Waals surface area contributed by atoms with Crippen LogP contribution < -0.4 is 15.6 Å². The molecule has 0 aliphatic carbocycles. The van der Waals surface area contributed by atoms with E-state index in [1.165, 1.54) is 10.9 Å². The lowest BCUT2D eigenvalue weighted by Gasteiger charge is -2.15. The molecule has 0 saturated carbocycles. The van der Waals surface area contributed by atoms with Gasteiger partial charge in [0, 0.05) is 6.07 Å². The fourth-order valence-electron chi connectivity index (χ4n) is 3.50. The van der Waals surface area contributed by atoms with Crippen molar-refractivity contribution in [2.45, 2.75) is 20.0 Å². The van der Waals surface area contributed by atoms with E-state index in [9.17, 15) is 9.59 Å². The zero-order valence-electron chi connectivity index (χ0n) is 18.5. The number of nitrogens with zero attached hydrogens (tertiary/aromatic N) is 5. The first-order chi connectivity index (χ1) is 16.5. The highest BCUT2D eigenvalue weighted by atomic mass is 16.5. The van der Waals surface area contributed by atoms with Gasteiger partial charge in [-0.25, -0.2) is 4.68 Å². The van der Waals surface area contributed by atoms with Gasteiger partial charge in [0.05, 0.1) is 17.6 Å². The molecule has 3 aromatic heterocycles. The molecule has 34 heavy (non-hydrogen) atoms. The van der Waals surface area contributed by atoms with Crippen LogP contribution in [0.2, 0.25) is 0 Å². The molecule has 10 heteroatoms. The second kappa shape index (κ2) is 8.66. The largest absolute Gasteiger partial charge is 0.481 e. The number of amides is 1. The van der Waals surface area contributed by atoms with Crippen LogP contribution in [0.5, 0.6) is 5.75 Å². The van der Waals surface area contributed by atoms with Crippen LogP contribution in [0.1, 0.15) is 12.6 Å². The van der Waals surface area contributed by atoms with Gasteiger partial charge in [0.25, 0.3) is 11.5 Å². The molecule has 1 amide bonds. The highest BCUT2D eigenvalue weighted by molar-refractivity contribution is 5.93. The predicted molar refractivity (Wildman–Crippen MR) is 127 cm³/mol. The van der Waals surface area contributed by atoms with E-state index in [0.717, 1.165) is 5.69 Å². The second-order valence-electron chi connectivity index (χ2n) is 7.66. The SMILES string of the molecule is Cc1cc(NC(=O)C(C)Oc2ccccc2)n(-c2nc3c(cnn3-c3ccccc3)c(=O)[nH]2)n1. The Bertz CT molecular complexity index is 1520. The molecule has 0 fully saturated rings. The minimum absolute atomic E-state index is 0.148. The van der Waals surface area contributed by atoms with Gasteiger partial charge in [-0.3, -0.25) is 14.6 Å². The molecule has 0 bridgehead atoms. The molecule has 1 atom stereocenters. The first kappa shape index (κ1) is 21.1. The molecule has 5 aromatic rings. The molecule has 5 rings (SSSR count). The maximum Gasteiger partial charge on any atom is 0.266 e. The Labute approximate surface area is 193 Å². The van der Waals surface area contributed by atoms with Gasteiger partial charge in [0.15, 0.2) is 11.8 Å². The summed E-state index contributed by atoms with van der Waals surface area (Å²) in [6, 6.07) is 20.1. The Morgan fingerprint density at radius 3 is 2.50 bits per heavy atom. The average Bonchev–Trinajstić information content (AvgIpc) is 3.43. The van der Waals surface area contributed by atoms with Gasteiger partial charge in [0.1, 0.15) is 17.0 Å². The number of aromatic amines is 1. The van der Waals surface area contributed by atoms with Crippen molar-refractivity contribution in [1.82, 2.24) is 29.5 Å². The zero-order valence-corrected chi connectivity index (χ0v) is 18.5. The van der Waals surface area contributed by atoms with Gasteiger partial charge >= 0.3 is 0 Å². The minimum Gasteiger partial charge on any atom is -0.481 e. The summed E-state index contributed by atoms with van der Waals surface area (Å²) in [5.41, 5.74) is 1.40. The lowest BCUT2D eigenvalue weighted by Crippen LogP contribution is -2.31. The fourth-order valence-corrected chi connectivity index (χ4v) is 3.50. The Kier molecular flexibility index (Phi) is 5.38. The van der Waals surface area contributed by atoms with Gasteiger partial charge in [0.2, 0.25) is 5.95 Å². The van der Waals surface area contributed by atoms with Crippen LogP contribution in [-0.2, 0) is 4.79 Å². The van der Waals surface area contributed by atoms with Gasteiger partial charge in [-0.2, -0.15) is 19.9 Å². The summed E-state index contributed by atoms with van der Waals surface area (Å²) in [6.45, 7) is 3.43. The van der Waals surface area contributed by atoms with Gasteiger partial charge in [-0.05, 0) is 38.1 Å². The van der Waals surface area contributed by atoms with Crippen LogP contribution in [0.15, 0.2) is 77.7 Å². The summed E-state index contributed by atoms with van der Waals surface area (Å²) in [7, 11) is 0. The highest BCUT2D eigenvalue weighted by Gasteiger charge is 2.20. The maximum absolute atomic E-state index is 12.8. The molecule has 3 heterocycles. The number of ether oxygens (including phenoxy) is 1. The van der Waals surface area contributed by atoms with Crippen LogP contribution in [-0.4, -0.2) is 41.5 Å². The summed E-state index contributed by atoms with van der Waals surface area (Å²) in [5, 5.41) is 11.9. The molecule has 2 N–H and O–H groups in total. The molecule has 10 nitrogen and oxygen atoms in total. The summed E-state index contributed by atoms with van der Waals surface area (Å²) < 4.78 is 8.67. The summed E-state index contributed by atoms with van der Waals surface area (Å²) >= 11 is 0. The van der Waals surface area contributed by atoms with Gasteiger partial charge in [-0.1, -0.05) is 36.4 Å². The number of fused-ring (bicyclic) bond motifs is 1. The van der Waals surface area contributed by atoms with E-state index in [1.807, 2.05) is 48.5 Å².